The summed E-state index contributed by atoms with van der Waals surface area (Å²) in [6.45, 7) is 12.7. The Balaban J connectivity index is 2.24. The van der Waals surface area contributed by atoms with Gasteiger partial charge in [0.2, 0.25) is 0 Å². The van der Waals surface area contributed by atoms with Crippen LogP contribution in [0.3, 0.4) is 0 Å². The number of rotatable bonds is 8. The Labute approximate surface area is 170 Å². The molecule has 1 aliphatic heterocycles. The molecule has 1 amide bonds. The molecule has 27 heavy (non-hydrogen) atoms. The minimum Gasteiger partial charge on any atom is -0.289 e. The van der Waals surface area contributed by atoms with E-state index in [4.69, 9.17) is 0 Å². The second kappa shape index (κ2) is 10.2. The molecule has 146 valence electrons. The number of thioether (sulfide) groups is 1. The summed E-state index contributed by atoms with van der Waals surface area (Å²) < 4.78 is 1.82. The van der Waals surface area contributed by atoms with Crippen LogP contribution in [-0.4, -0.2) is 44.3 Å². The minimum absolute atomic E-state index is 0.141. The van der Waals surface area contributed by atoms with Gasteiger partial charge in [-0.05, 0) is 25.0 Å². The smallest absolute Gasteiger partial charge is 0.263 e. The van der Waals surface area contributed by atoms with Crippen LogP contribution in [-0.2, 0) is 4.79 Å². The van der Waals surface area contributed by atoms with Gasteiger partial charge in [-0.25, -0.2) is 9.79 Å². The average molecular weight is 405 g/mol. The van der Waals surface area contributed by atoms with Gasteiger partial charge in [-0.1, -0.05) is 73.7 Å². The molecular weight excluding hydrogens is 376 g/mol. The van der Waals surface area contributed by atoms with Gasteiger partial charge in [-0.3, -0.25) is 10.0 Å². The lowest BCUT2D eigenvalue weighted by molar-refractivity contribution is -0.133. The monoisotopic (exact) mass is 404 g/mol. The number of hydroxylamine groups is 1. The zero-order chi connectivity index (χ0) is 19.9. The van der Waals surface area contributed by atoms with Crippen LogP contribution in [0, 0.1) is 0 Å². The molecule has 1 aromatic rings. The molecule has 2 atom stereocenters. The molecule has 1 fully saturated rings. The van der Waals surface area contributed by atoms with Crippen molar-refractivity contribution >= 4 is 29.6 Å². The Morgan fingerprint density at radius 3 is 2.74 bits per heavy atom. The zero-order valence-corrected chi connectivity index (χ0v) is 17.6. The van der Waals surface area contributed by atoms with Gasteiger partial charge in [0.15, 0.2) is 0 Å². The van der Waals surface area contributed by atoms with Gasteiger partial charge < -0.3 is 0 Å². The van der Waals surface area contributed by atoms with Crippen molar-refractivity contribution in [2.45, 2.75) is 30.6 Å². The molecule has 0 spiro atoms. The fourth-order valence-electron chi connectivity index (χ4n) is 3.30. The molecule has 0 radical (unpaired) electrons. The lowest BCUT2D eigenvalue weighted by Gasteiger charge is -2.44. The normalized spacial score (nSPS) is 21.3. The van der Waals surface area contributed by atoms with Crippen molar-refractivity contribution in [3.05, 3.63) is 72.9 Å². The highest BCUT2D eigenvalue weighted by atomic mass is 32.2. The third-order valence-corrected chi connectivity index (χ3v) is 7.21. The SMILES string of the molecule is C=C/C=C(\C=C)C(CSN1CCSC(C)(C)C1C(=O)NO)c1ccccc1. The summed E-state index contributed by atoms with van der Waals surface area (Å²) in [5, 5.41) is 9.21. The van der Waals surface area contributed by atoms with Crippen molar-refractivity contribution in [3.8, 4) is 0 Å². The van der Waals surface area contributed by atoms with Gasteiger partial charge in [0, 0.05) is 28.7 Å². The topological polar surface area (TPSA) is 52.6 Å². The molecule has 0 aliphatic carbocycles. The van der Waals surface area contributed by atoms with E-state index < -0.39 is 6.04 Å². The Morgan fingerprint density at radius 1 is 1.44 bits per heavy atom. The van der Waals surface area contributed by atoms with Crippen LogP contribution in [0.1, 0.15) is 25.3 Å². The number of carbonyl (C=O) groups excluding carboxylic acids is 1. The van der Waals surface area contributed by atoms with Crippen LogP contribution in [0.2, 0.25) is 0 Å². The maximum Gasteiger partial charge on any atom is 0.263 e. The Kier molecular flexibility index (Phi) is 8.23. The van der Waals surface area contributed by atoms with E-state index in [0.717, 1.165) is 23.6 Å². The number of benzene rings is 1. The van der Waals surface area contributed by atoms with Gasteiger partial charge in [0.05, 0.1) is 0 Å². The van der Waals surface area contributed by atoms with Crippen LogP contribution >= 0.6 is 23.7 Å². The van der Waals surface area contributed by atoms with Gasteiger partial charge in [-0.2, -0.15) is 11.8 Å². The Hall–Kier alpha value is -1.47. The van der Waals surface area contributed by atoms with Crippen LogP contribution in [0.15, 0.2) is 67.3 Å². The molecule has 1 heterocycles. The highest BCUT2D eigenvalue weighted by Crippen LogP contribution is 2.40. The highest BCUT2D eigenvalue weighted by molar-refractivity contribution is 8.01. The van der Waals surface area contributed by atoms with Gasteiger partial charge in [-0.15, -0.1) is 0 Å². The van der Waals surface area contributed by atoms with E-state index in [2.05, 4.69) is 29.6 Å². The molecule has 0 saturated carbocycles. The van der Waals surface area contributed by atoms with Crippen LogP contribution in [0.5, 0.6) is 0 Å². The van der Waals surface area contributed by atoms with E-state index in [-0.39, 0.29) is 16.6 Å². The Morgan fingerprint density at radius 2 is 2.15 bits per heavy atom. The third-order valence-electron chi connectivity index (χ3n) is 4.65. The summed E-state index contributed by atoms with van der Waals surface area (Å²) in [5.41, 5.74) is 4.14. The predicted molar refractivity (Wildman–Crippen MR) is 117 cm³/mol. The lowest BCUT2D eigenvalue weighted by Crippen LogP contribution is -2.57. The van der Waals surface area contributed by atoms with Crippen LogP contribution in [0.25, 0.3) is 0 Å². The summed E-state index contributed by atoms with van der Waals surface area (Å²) in [7, 11) is 0. The number of nitrogens with zero attached hydrogens (tertiary/aromatic N) is 1. The number of carbonyl (C=O) groups is 1. The molecular formula is C21H28N2O2S2. The lowest BCUT2D eigenvalue weighted by atomic mass is 9.92. The number of amides is 1. The summed E-state index contributed by atoms with van der Waals surface area (Å²) in [4.78, 5) is 12.3. The quantitative estimate of drug-likeness (QED) is 0.291. The maximum atomic E-state index is 12.3. The van der Waals surface area contributed by atoms with E-state index in [0.29, 0.717) is 0 Å². The fourth-order valence-corrected chi connectivity index (χ4v) is 6.15. The molecule has 2 N–H and O–H groups in total. The molecule has 1 aromatic carbocycles. The second-order valence-corrected chi connectivity index (χ2v) is 9.65. The molecule has 2 unspecified atom stereocenters. The first-order valence-electron chi connectivity index (χ1n) is 8.92. The molecule has 1 aliphatic rings. The minimum atomic E-state index is -0.404. The summed E-state index contributed by atoms with van der Waals surface area (Å²) in [5.74, 6) is 1.50. The van der Waals surface area contributed by atoms with Gasteiger partial charge >= 0.3 is 0 Å². The molecule has 2 rings (SSSR count). The number of nitrogens with one attached hydrogen (secondary N) is 1. The van der Waals surface area contributed by atoms with Crippen molar-refractivity contribution in [1.82, 2.24) is 9.79 Å². The number of hydrogen-bond acceptors (Lipinski definition) is 5. The van der Waals surface area contributed by atoms with E-state index in [1.54, 1.807) is 29.8 Å². The largest absolute Gasteiger partial charge is 0.289 e. The van der Waals surface area contributed by atoms with Crippen molar-refractivity contribution in [2.75, 3.05) is 18.1 Å². The van der Waals surface area contributed by atoms with E-state index in [9.17, 15) is 10.0 Å². The summed E-state index contributed by atoms with van der Waals surface area (Å²) >= 11 is 3.41. The zero-order valence-electron chi connectivity index (χ0n) is 15.9. The van der Waals surface area contributed by atoms with E-state index in [1.165, 1.54) is 5.56 Å². The van der Waals surface area contributed by atoms with Crippen LogP contribution in [0.4, 0.5) is 0 Å². The van der Waals surface area contributed by atoms with E-state index >= 15 is 0 Å². The standard InChI is InChI=1S/C21H28N2O2S2/c1-5-10-16(6-2)18(17-11-8-7-9-12-17)15-27-23-13-14-26-21(3,4)19(23)20(24)22-25/h5-12,18-19,25H,1-2,13-15H2,3-4H3,(H,22,24)/b16-10+. The average Bonchev–Trinajstić information content (AvgIpc) is 2.67. The van der Waals surface area contributed by atoms with Crippen molar-refractivity contribution < 1.29 is 10.0 Å². The first-order valence-corrected chi connectivity index (χ1v) is 10.8. The van der Waals surface area contributed by atoms with Gasteiger partial charge in [0.1, 0.15) is 6.04 Å². The molecule has 1 saturated heterocycles. The highest BCUT2D eigenvalue weighted by Gasteiger charge is 2.43. The summed E-state index contributed by atoms with van der Waals surface area (Å²) in [6.07, 6.45) is 5.63. The van der Waals surface area contributed by atoms with Crippen molar-refractivity contribution in [1.29, 1.82) is 0 Å². The van der Waals surface area contributed by atoms with Gasteiger partial charge in [0.25, 0.3) is 5.91 Å². The third kappa shape index (κ3) is 5.51. The Bertz CT molecular complexity index is 689. The molecule has 4 nitrogen and oxygen atoms in total. The van der Waals surface area contributed by atoms with Crippen molar-refractivity contribution in [3.63, 3.8) is 0 Å². The maximum absolute atomic E-state index is 12.3. The van der Waals surface area contributed by atoms with Crippen molar-refractivity contribution in [2.24, 2.45) is 0 Å². The fraction of sp³-hybridized carbons (Fsp3) is 0.381. The molecule has 0 bridgehead atoms. The van der Waals surface area contributed by atoms with E-state index in [1.807, 2.05) is 49.7 Å². The molecule has 6 heteroatoms. The summed E-state index contributed by atoms with van der Waals surface area (Å²) in [6, 6.07) is 9.89. The first-order chi connectivity index (χ1) is 12.9. The second-order valence-electron chi connectivity index (χ2n) is 6.84. The molecule has 0 aromatic heterocycles. The first kappa shape index (κ1) is 21.8. The number of allylic oxidation sites excluding steroid dienone is 4. The number of hydrogen-bond donors (Lipinski definition) is 2. The van der Waals surface area contributed by atoms with Crippen LogP contribution < -0.4 is 5.48 Å². The predicted octanol–water partition coefficient (Wildman–Crippen LogP) is 4.42.